The fourth-order valence-corrected chi connectivity index (χ4v) is 10.7. The molecule has 0 aromatic heterocycles. The average Bonchev–Trinajstić information content (AvgIpc) is 3.62. The van der Waals surface area contributed by atoms with Gasteiger partial charge in [-0.25, -0.2) is 0 Å². The molecule has 55 heavy (non-hydrogen) atoms. The summed E-state index contributed by atoms with van der Waals surface area (Å²) < 4.78 is 0. The van der Waals surface area contributed by atoms with Crippen molar-refractivity contribution in [2.75, 3.05) is 44.2 Å². The summed E-state index contributed by atoms with van der Waals surface area (Å²) in [6, 6.07) is 13.4. The molecule has 5 heteroatoms. The van der Waals surface area contributed by atoms with E-state index in [1.54, 1.807) is 6.20 Å². The van der Waals surface area contributed by atoms with E-state index in [1.807, 2.05) is 26.0 Å². The number of hydrogen-bond donors (Lipinski definition) is 1. The summed E-state index contributed by atoms with van der Waals surface area (Å²) in [6.45, 7) is 46.2. The molecule has 7 rings (SSSR count). The van der Waals surface area contributed by atoms with E-state index in [9.17, 15) is 4.79 Å². The molecule has 5 unspecified atom stereocenters. The summed E-state index contributed by atoms with van der Waals surface area (Å²) in [7, 11) is 0. The molecule has 1 N–H and O–H groups in total. The van der Waals surface area contributed by atoms with Crippen LogP contribution in [0.5, 0.6) is 0 Å². The van der Waals surface area contributed by atoms with Gasteiger partial charge in [0.05, 0.1) is 12.0 Å². The highest BCUT2D eigenvalue weighted by molar-refractivity contribution is 5.84. The molecule has 0 radical (unpaired) electrons. The number of hydrogen-bond acceptors (Lipinski definition) is 4. The second-order valence-corrected chi connectivity index (χ2v) is 17.4. The molecule has 2 aromatic carbocycles. The third-order valence-electron chi connectivity index (χ3n) is 14.1. The lowest BCUT2D eigenvalue weighted by molar-refractivity contribution is -0.268. The number of rotatable bonds is 7. The molecule has 3 aliphatic carbocycles. The predicted molar refractivity (Wildman–Crippen MR) is 238 cm³/mol. The van der Waals surface area contributed by atoms with Crippen LogP contribution in [0.15, 0.2) is 86.3 Å². The molecule has 3 saturated carbocycles. The van der Waals surface area contributed by atoms with Gasteiger partial charge in [0.15, 0.2) is 0 Å². The maximum Gasteiger partial charge on any atom is 0.230 e. The summed E-state index contributed by atoms with van der Waals surface area (Å²) >= 11 is 0. The minimum Gasteiger partial charge on any atom is -0.383 e. The number of anilines is 1. The standard InChI is InChI=1S/C18H27N3.C18H27NO.C12H14.C2H6/c1-6-19-16(4)17(5)20-9-11-21(12-10-20)18-8-7-14(2)13-15(18)3;1-11-6-7-19(9-11)15(20)14-12(2)17(4)10-16(3)8-13(14)18(16,17)5;1-4-6-12-8-7-10(3)9-11(12)5-2;1-2/h6-8,13,16,19H,1,5,9-12H2,2-4H3;11,13-14H,2,6-10H2,1,3-5H3;4-9H,1H2,2-3H3;1-2H3/b;;11-5-,12-6-;/t16-;11?,13?,14?,16?,17-,18?;;/m01../s1. The van der Waals surface area contributed by atoms with Crippen molar-refractivity contribution in [2.24, 2.45) is 34.0 Å². The Hall–Kier alpha value is -3.99. The van der Waals surface area contributed by atoms with Crippen LogP contribution in [-0.4, -0.2) is 61.0 Å². The number of nitrogens with zero attached hydrogens (tertiary/aromatic N) is 3. The summed E-state index contributed by atoms with van der Waals surface area (Å²) in [6.07, 6.45) is 11.3. The smallest absolute Gasteiger partial charge is 0.230 e. The zero-order valence-electron chi connectivity index (χ0n) is 36.5. The largest absolute Gasteiger partial charge is 0.383 e. The first-order chi connectivity index (χ1) is 26.0. The first-order valence-corrected chi connectivity index (χ1v) is 21.0. The lowest BCUT2D eigenvalue weighted by atomic mass is 9.28. The molecule has 1 amide bonds. The summed E-state index contributed by atoms with van der Waals surface area (Å²) in [4.78, 5) is 20.0. The highest BCUT2D eigenvalue weighted by Crippen LogP contribution is 2.88. The van der Waals surface area contributed by atoms with E-state index in [1.165, 1.54) is 57.7 Å². The van der Waals surface area contributed by atoms with Crippen LogP contribution in [-0.2, 0) is 4.79 Å². The van der Waals surface area contributed by atoms with Crippen molar-refractivity contribution in [2.45, 2.75) is 101 Å². The zero-order valence-corrected chi connectivity index (χ0v) is 36.5. The fraction of sp³-hybridized carbons (Fsp3) is 0.540. The highest BCUT2D eigenvalue weighted by atomic mass is 16.2. The van der Waals surface area contributed by atoms with Gasteiger partial charge >= 0.3 is 0 Å². The van der Waals surface area contributed by atoms with Gasteiger partial charge in [0.25, 0.3) is 0 Å². The SMILES string of the molecule is C=C/C=c1/ccc(C)c/c1=C/C.C=C1C(C(=O)N2CCC(C)C2)C2CC3(C)C[C@@]1(C)C23C.C=CN[C@@H](C)C(=C)N1CCN(c2ccc(C)cc2C)CC1.CC. The Morgan fingerprint density at radius 2 is 1.56 bits per heavy atom. The number of aryl methyl sites for hydroxylation is 3. The van der Waals surface area contributed by atoms with E-state index in [4.69, 9.17) is 0 Å². The maximum absolute atomic E-state index is 13.0. The molecular weight excluding hydrogens is 673 g/mol. The summed E-state index contributed by atoms with van der Waals surface area (Å²) in [5, 5.41) is 5.72. The van der Waals surface area contributed by atoms with E-state index in [-0.39, 0.29) is 17.4 Å². The lowest BCUT2D eigenvalue weighted by Crippen LogP contribution is -2.69. The molecule has 2 saturated heterocycles. The highest BCUT2D eigenvalue weighted by Gasteiger charge is 2.83. The minimum atomic E-state index is 0.117. The number of carbonyl (C=O) groups excluding carboxylic acids is 1. The van der Waals surface area contributed by atoms with Gasteiger partial charge in [0.1, 0.15) is 0 Å². The van der Waals surface area contributed by atoms with Gasteiger partial charge in [-0.3, -0.25) is 4.79 Å². The van der Waals surface area contributed by atoms with E-state index in [0.717, 1.165) is 45.0 Å². The number of allylic oxidation sites excluding steroid dienone is 1. The Bertz CT molecular complexity index is 1850. The molecule has 300 valence electrons. The third kappa shape index (κ3) is 8.28. The molecule has 7 atom stereocenters. The summed E-state index contributed by atoms with van der Waals surface area (Å²) in [5.74, 6) is 1.74. The van der Waals surface area contributed by atoms with Crippen molar-refractivity contribution >= 4 is 23.7 Å². The molecular formula is C50H74N4O. The van der Waals surface area contributed by atoms with Gasteiger partial charge in [-0.1, -0.05) is 133 Å². The molecule has 0 spiro atoms. The molecule has 5 fully saturated rings. The third-order valence-corrected chi connectivity index (χ3v) is 14.1. The van der Waals surface area contributed by atoms with E-state index >= 15 is 0 Å². The van der Waals surface area contributed by atoms with E-state index < -0.39 is 0 Å². The van der Waals surface area contributed by atoms with Crippen LogP contribution in [0.2, 0.25) is 0 Å². The van der Waals surface area contributed by atoms with E-state index in [0.29, 0.717) is 28.6 Å². The van der Waals surface area contributed by atoms with Crippen molar-refractivity contribution < 1.29 is 4.79 Å². The second kappa shape index (κ2) is 17.9. The second-order valence-electron chi connectivity index (χ2n) is 17.4. The van der Waals surface area contributed by atoms with Gasteiger partial charge in [-0.15, -0.1) is 0 Å². The van der Waals surface area contributed by atoms with Gasteiger partial charge < -0.3 is 20.0 Å². The average molecular weight is 747 g/mol. The first-order valence-electron chi connectivity index (χ1n) is 21.0. The van der Waals surface area contributed by atoms with Crippen LogP contribution < -0.4 is 20.7 Å². The van der Waals surface area contributed by atoms with Gasteiger partial charge in [0.2, 0.25) is 5.91 Å². The Balaban J connectivity index is 0.000000186. The normalized spacial score (nSPS) is 29.8. The Kier molecular flexibility index (Phi) is 14.2. The van der Waals surface area contributed by atoms with Crippen LogP contribution in [0.25, 0.3) is 12.2 Å². The van der Waals surface area contributed by atoms with Crippen molar-refractivity contribution in [1.29, 1.82) is 0 Å². The molecule has 2 aromatic rings. The number of benzene rings is 2. The van der Waals surface area contributed by atoms with Crippen LogP contribution in [0, 0.1) is 54.8 Å². The van der Waals surface area contributed by atoms with Gasteiger partial charge in [-0.05, 0) is 110 Å². The predicted octanol–water partition coefficient (Wildman–Crippen LogP) is 9.33. The number of likely N-dealkylation sites (tertiary alicyclic amines) is 1. The van der Waals surface area contributed by atoms with E-state index in [2.05, 4.69) is 151 Å². The maximum atomic E-state index is 13.0. The molecule has 2 aliphatic heterocycles. The fourth-order valence-electron chi connectivity index (χ4n) is 10.7. The van der Waals surface area contributed by atoms with Crippen molar-refractivity contribution in [3.05, 3.63) is 113 Å². The number of carbonyl (C=O) groups is 1. The quantitative estimate of drug-likeness (QED) is 0.287. The van der Waals surface area contributed by atoms with Crippen molar-refractivity contribution in [1.82, 2.24) is 15.1 Å². The van der Waals surface area contributed by atoms with Crippen LogP contribution >= 0.6 is 0 Å². The number of nitrogens with one attached hydrogen (secondary N) is 1. The van der Waals surface area contributed by atoms with Crippen LogP contribution in [0.3, 0.4) is 0 Å². The zero-order chi connectivity index (χ0) is 40.9. The van der Waals surface area contributed by atoms with Gasteiger partial charge in [-0.2, -0.15) is 0 Å². The molecule has 5 aliphatic rings. The van der Waals surface area contributed by atoms with Crippen LogP contribution in [0.4, 0.5) is 5.69 Å². The van der Waals surface area contributed by atoms with Crippen LogP contribution in [0.1, 0.15) is 91.3 Å². The summed E-state index contributed by atoms with van der Waals surface area (Å²) in [5.41, 5.74) is 8.78. The molecule has 0 bridgehead atoms. The minimum absolute atomic E-state index is 0.117. The topological polar surface area (TPSA) is 38.8 Å². The van der Waals surface area contributed by atoms with Crippen molar-refractivity contribution in [3.63, 3.8) is 0 Å². The monoisotopic (exact) mass is 747 g/mol. The van der Waals surface area contributed by atoms with Crippen molar-refractivity contribution in [3.8, 4) is 0 Å². The Morgan fingerprint density at radius 3 is 2.09 bits per heavy atom. The Morgan fingerprint density at radius 1 is 0.927 bits per heavy atom. The number of amides is 1. The molecule has 2 heterocycles. The lowest BCUT2D eigenvalue weighted by Gasteiger charge is -2.75. The van der Waals surface area contributed by atoms with Gasteiger partial charge in [0, 0.05) is 50.7 Å². The Labute approximate surface area is 335 Å². The molecule has 5 nitrogen and oxygen atoms in total. The first kappa shape index (κ1) is 43.7. The number of piperazine rings is 1.